The number of hydrogen-bond acceptors (Lipinski definition) is 5. The molecule has 30 heavy (non-hydrogen) atoms. The number of aliphatic imine (C=N–C) groups is 1. The molecule has 0 spiro atoms. The Morgan fingerprint density at radius 3 is 2.67 bits per heavy atom. The van der Waals surface area contributed by atoms with Crippen LogP contribution in [0.25, 0.3) is 0 Å². The predicted molar refractivity (Wildman–Crippen MR) is 114 cm³/mol. The summed E-state index contributed by atoms with van der Waals surface area (Å²) in [5.41, 5.74) is 2.27. The van der Waals surface area contributed by atoms with Crippen LogP contribution in [0.1, 0.15) is 38.3 Å². The summed E-state index contributed by atoms with van der Waals surface area (Å²) in [5.74, 6) is 0.325. The normalized spacial score (nSPS) is 18.4. The van der Waals surface area contributed by atoms with Gasteiger partial charge in [0.15, 0.2) is 0 Å². The number of benzene rings is 2. The minimum absolute atomic E-state index is 0.314. The van der Waals surface area contributed by atoms with Crippen LogP contribution in [0.15, 0.2) is 53.5 Å². The van der Waals surface area contributed by atoms with E-state index in [0.717, 1.165) is 11.1 Å². The molecule has 2 aliphatic heterocycles. The van der Waals surface area contributed by atoms with Crippen LogP contribution in [0.2, 0.25) is 0 Å². The minimum Gasteiger partial charge on any atom is -0.491 e. The molecule has 7 heteroatoms. The van der Waals surface area contributed by atoms with E-state index in [1.54, 1.807) is 25.7 Å². The van der Waals surface area contributed by atoms with Crippen LogP contribution >= 0.6 is 0 Å². The Morgan fingerprint density at radius 2 is 1.93 bits per heavy atom. The summed E-state index contributed by atoms with van der Waals surface area (Å²) in [4.78, 5) is 32.3. The van der Waals surface area contributed by atoms with Gasteiger partial charge in [-0.2, -0.15) is 0 Å². The van der Waals surface area contributed by atoms with E-state index in [4.69, 9.17) is 14.5 Å². The number of nitrogens with one attached hydrogen (secondary N) is 1. The lowest BCUT2D eigenvalue weighted by atomic mass is 9.99. The molecule has 0 fully saturated rings. The highest BCUT2D eigenvalue weighted by Gasteiger charge is 2.36. The summed E-state index contributed by atoms with van der Waals surface area (Å²) in [7, 11) is 0. The van der Waals surface area contributed by atoms with Gasteiger partial charge < -0.3 is 14.4 Å². The van der Waals surface area contributed by atoms with Crippen molar-refractivity contribution in [3.05, 3.63) is 59.7 Å². The highest BCUT2D eigenvalue weighted by molar-refractivity contribution is 6.21. The maximum atomic E-state index is 13.4. The smallest absolute Gasteiger partial charge is 0.409 e. The van der Waals surface area contributed by atoms with Gasteiger partial charge in [0.05, 0.1) is 18.0 Å². The number of nitrogens with zero attached hydrogens (tertiary/aromatic N) is 2. The standard InChI is InChI=1S/C23H25N3O4/c1-23(2,3)30-22(28)25-20-21(27)26-13-8-14-29-17-12-7-11-16(19(17)26)18(24-20)15-9-5-4-6-10-15/h4-7,9-12,20H,8,13-14H2,1-3H3,(H,25,28). The van der Waals surface area contributed by atoms with Gasteiger partial charge in [-0.1, -0.05) is 42.5 Å². The van der Waals surface area contributed by atoms with Crippen LogP contribution in [-0.2, 0) is 9.53 Å². The summed E-state index contributed by atoms with van der Waals surface area (Å²) in [6.07, 6.45) is -1.11. The van der Waals surface area contributed by atoms with E-state index < -0.39 is 17.9 Å². The van der Waals surface area contributed by atoms with E-state index in [9.17, 15) is 9.59 Å². The number of amides is 2. The molecule has 2 aromatic carbocycles. The Balaban J connectivity index is 1.83. The van der Waals surface area contributed by atoms with E-state index in [1.165, 1.54) is 0 Å². The molecule has 0 saturated carbocycles. The maximum Gasteiger partial charge on any atom is 0.409 e. The number of rotatable bonds is 2. The first kappa shape index (κ1) is 19.9. The minimum atomic E-state index is -1.10. The molecule has 2 aromatic rings. The lowest BCUT2D eigenvalue weighted by Gasteiger charge is -2.25. The molecule has 1 unspecified atom stereocenters. The van der Waals surface area contributed by atoms with Gasteiger partial charge in [0.2, 0.25) is 6.17 Å². The molecule has 0 bridgehead atoms. The number of ether oxygens (including phenoxy) is 2. The molecule has 0 radical (unpaired) electrons. The quantitative estimate of drug-likeness (QED) is 0.826. The third-order valence-corrected chi connectivity index (χ3v) is 4.77. The zero-order valence-corrected chi connectivity index (χ0v) is 17.3. The van der Waals surface area contributed by atoms with E-state index in [2.05, 4.69) is 5.32 Å². The van der Waals surface area contributed by atoms with E-state index in [1.807, 2.05) is 48.5 Å². The van der Waals surface area contributed by atoms with Gasteiger partial charge in [0.1, 0.15) is 11.4 Å². The van der Waals surface area contributed by atoms with Gasteiger partial charge in [0.25, 0.3) is 5.91 Å². The molecule has 0 saturated heterocycles. The summed E-state index contributed by atoms with van der Waals surface area (Å²) in [6, 6.07) is 15.3. The van der Waals surface area contributed by atoms with E-state index in [-0.39, 0.29) is 5.91 Å². The monoisotopic (exact) mass is 407 g/mol. The Morgan fingerprint density at radius 1 is 1.17 bits per heavy atom. The molecule has 0 aromatic heterocycles. The largest absolute Gasteiger partial charge is 0.491 e. The number of alkyl carbamates (subject to hydrolysis) is 1. The first-order valence-corrected chi connectivity index (χ1v) is 10.0. The fourth-order valence-electron chi connectivity index (χ4n) is 3.59. The summed E-state index contributed by atoms with van der Waals surface area (Å²) >= 11 is 0. The molecule has 156 valence electrons. The maximum absolute atomic E-state index is 13.4. The van der Waals surface area contributed by atoms with Crippen molar-refractivity contribution < 1.29 is 19.1 Å². The highest BCUT2D eigenvalue weighted by atomic mass is 16.6. The van der Waals surface area contributed by atoms with Gasteiger partial charge in [-0.15, -0.1) is 0 Å². The lowest BCUT2D eigenvalue weighted by molar-refractivity contribution is -0.120. The first-order valence-electron chi connectivity index (χ1n) is 10.0. The topological polar surface area (TPSA) is 80.2 Å². The fourth-order valence-corrected chi connectivity index (χ4v) is 3.59. The SMILES string of the molecule is CC(C)(C)OC(=O)NC1N=C(c2ccccc2)c2cccc3c2N(CCCO3)C1=O. The van der Waals surface area contributed by atoms with E-state index in [0.29, 0.717) is 36.7 Å². The summed E-state index contributed by atoms with van der Waals surface area (Å²) < 4.78 is 11.3. The van der Waals surface area contributed by atoms with Crippen molar-refractivity contribution in [1.29, 1.82) is 0 Å². The first-order chi connectivity index (χ1) is 14.3. The van der Waals surface area contributed by atoms with Crippen molar-refractivity contribution in [1.82, 2.24) is 5.32 Å². The third kappa shape index (κ3) is 4.01. The second kappa shape index (κ2) is 7.82. The fraction of sp³-hybridized carbons (Fsp3) is 0.348. The number of hydrogen-bond donors (Lipinski definition) is 1. The second-order valence-electron chi connectivity index (χ2n) is 8.24. The molecule has 2 heterocycles. The Hall–Kier alpha value is -3.35. The third-order valence-electron chi connectivity index (χ3n) is 4.77. The van der Waals surface area contributed by atoms with Crippen molar-refractivity contribution in [2.24, 2.45) is 4.99 Å². The summed E-state index contributed by atoms with van der Waals surface area (Å²) in [6.45, 7) is 6.31. The van der Waals surface area contributed by atoms with Crippen molar-refractivity contribution in [3.8, 4) is 5.75 Å². The molecule has 0 aliphatic carbocycles. The second-order valence-corrected chi connectivity index (χ2v) is 8.24. The van der Waals surface area contributed by atoms with Crippen LogP contribution in [0, 0.1) is 0 Å². The molecule has 1 N–H and O–H groups in total. The van der Waals surface area contributed by atoms with Gasteiger partial charge in [-0.3, -0.25) is 10.1 Å². The van der Waals surface area contributed by atoms with Gasteiger partial charge >= 0.3 is 6.09 Å². The van der Waals surface area contributed by atoms with Crippen LogP contribution in [0.4, 0.5) is 10.5 Å². The van der Waals surface area contributed by atoms with Crippen molar-refractivity contribution >= 4 is 23.4 Å². The van der Waals surface area contributed by atoms with Crippen LogP contribution < -0.4 is 15.0 Å². The van der Waals surface area contributed by atoms with Crippen LogP contribution in [0.3, 0.4) is 0 Å². The Bertz CT molecular complexity index is 995. The number of carbonyl (C=O) groups excluding carboxylic acids is 2. The average molecular weight is 407 g/mol. The highest BCUT2D eigenvalue weighted by Crippen LogP contribution is 2.38. The predicted octanol–water partition coefficient (Wildman–Crippen LogP) is 3.50. The molecule has 1 atom stereocenters. The molecular formula is C23H25N3O4. The van der Waals surface area contributed by atoms with Crippen molar-refractivity contribution in [2.45, 2.75) is 39.0 Å². The molecule has 2 aliphatic rings. The van der Waals surface area contributed by atoms with Crippen LogP contribution in [0.5, 0.6) is 5.75 Å². The number of para-hydroxylation sites is 1. The van der Waals surface area contributed by atoms with Crippen molar-refractivity contribution in [3.63, 3.8) is 0 Å². The zero-order chi connectivity index (χ0) is 21.3. The number of carbonyl (C=O) groups is 2. The zero-order valence-electron chi connectivity index (χ0n) is 17.3. The number of anilines is 1. The molecule has 2 amide bonds. The van der Waals surface area contributed by atoms with Gasteiger partial charge in [0, 0.05) is 17.7 Å². The average Bonchev–Trinajstić information content (AvgIpc) is 2.98. The van der Waals surface area contributed by atoms with Crippen LogP contribution in [-0.4, -0.2) is 42.6 Å². The van der Waals surface area contributed by atoms with Gasteiger partial charge in [-0.05, 0) is 33.3 Å². The molecule has 4 rings (SSSR count). The Kier molecular flexibility index (Phi) is 5.20. The van der Waals surface area contributed by atoms with Crippen molar-refractivity contribution in [2.75, 3.05) is 18.1 Å². The Labute approximate surface area is 175 Å². The molecule has 7 nitrogen and oxygen atoms in total. The lowest BCUT2D eigenvalue weighted by Crippen LogP contribution is -2.48. The van der Waals surface area contributed by atoms with E-state index >= 15 is 0 Å². The molecular weight excluding hydrogens is 382 g/mol. The van der Waals surface area contributed by atoms with Gasteiger partial charge in [-0.25, -0.2) is 9.79 Å². The summed E-state index contributed by atoms with van der Waals surface area (Å²) in [5, 5.41) is 2.65.